The van der Waals surface area contributed by atoms with Crippen LogP contribution in [-0.4, -0.2) is 56.1 Å². The van der Waals surface area contributed by atoms with Crippen molar-refractivity contribution < 1.29 is 13.9 Å². The van der Waals surface area contributed by atoms with Gasteiger partial charge < -0.3 is 26.0 Å². The summed E-state index contributed by atoms with van der Waals surface area (Å²) in [4.78, 5) is 19.5. The summed E-state index contributed by atoms with van der Waals surface area (Å²) in [6.45, 7) is 3.64. The largest absolute Gasteiger partial charge is 0.484 e. The van der Waals surface area contributed by atoms with E-state index in [9.17, 15) is 9.18 Å². The van der Waals surface area contributed by atoms with Crippen LogP contribution in [-0.2, 0) is 11.2 Å². The number of nitrogens with two attached hydrogens (primary N) is 2. The van der Waals surface area contributed by atoms with Crippen molar-refractivity contribution in [2.24, 2.45) is 16.5 Å². The van der Waals surface area contributed by atoms with E-state index >= 15 is 0 Å². The highest BCUT2D eigenvalue weighted by Gasteiger charge is 2.18. The molecule has 1 aliphatic rings. The van der Waals surface area contributed by atoms with Gasteiger partial charge in [0, 0.05) is 38.4 Å². The van der Waals surface area contributed by atoms with Crippen LogP contribution in [0.3, 0.4) is 0 Å². The normalized spacial score (nSPS) is 14.7. The monoisotopic (exact) mass is 399 g/mol. The minimum absolute atomic E-state index is 0.130. The number of halogens is 1. The second-order valence-electron chi connectivity index (χ2n) is 6.84. The number of hydrogen-bond donors (Lipinski definition) is 2. The van der Waals surface area contributed by atoms with Gasteiger partial charge in [0.15, 0.2) is 12.6 Å². The molecule has 0 unspecified atom stereocenters. The molecule has 1 aliphatic heterocycles. The molecule has 0 aliphatic carbocycles. The standard InChI is InChI=1S/C21H26FN5O2/c22-17-3-5-18(6-4-17)26-11-13-27(14-12-26)21(24)25-10-9-16-1-7-19(8-2-16)29-15-20(23)28/h1-8H,9-15H2,(H2,23,28)(H2,24,25). The number of aliphatic imine (C=N–C) groups is 1. The van der Waals surface area contributed by atoms with Gasteiger partial charge in [-0.2, -0.15) is 0 Å². The van der Waals surface area contributed by atoms with E-state index in [1.54, 1.807) is 24.3 Å². The Bertz CT molecular complexity index is 831. The van der Waals surface area contributed by atoms with Gasteiger partial charge >= 0.3 is 0 Å². The molecular formula is C21H26FN5O2. The van der Waals surface area contributed by atoms with E-state index in [0.29, 0.717) is 18.3 Å². The van der Waals surface area contributed by atoms with E-state index in [0.717, 1.165) is 43.9 Å². The lowest BCUT2D eigenvalue weighted by atomic mass is 10.1. The molecule has 4 N–H and O–H groups in total. The molecule has 0 saturated carbocycles. The zero-order chi connectivity index (χ0) is 20.6. The van der Waals surface area contributed by atoms with Crippen LogP contribution in [0, 0.1) is 5.82 Å². The van der Waals surface area contributed by atoms with Gasteiger partial charge in [-0.15, -0.1) is 0 Å². The topological polar surface area (TPSA) is 97.2 Å². The number of benzene rings is 2. The Balaban J connectivity index is 1.43. The number of amides is 1. The summed E-state index contributed by atoms with van der Waals surface area (Å²) in [5, 5.41) is 0. The average Bonchev–Trinajstić information content (AvgIpc) is 2.74. The number of piperazine rings is 1. The molecule has 3 rings (SSSR count). The summed E-state index contributed by atoms with van der Waals surface area (Å²) >= 11 is 0. The van der Waals surface area contributed by atoms with Crippen molar-refractivity contribution in [1.29, 1.82) is 0 Å². The highest BCUT2D eigenvalue weighted by atomic mass is 19.1. The van der Waals surface area contributed by atoms with Gasteiger partial charge in [0.2, 0.25) is 0 Å². The third kappa shape index (κ3) is 6.10. The van der Waals surface area contributed by atoms with Gasteiger partial charge in [0.25, 0.3) is 5.91 Å². The van der Waals surface area contributed by atoms with Gasteiger partial charge in [0.05, 0.1) is 0 Å². The van der Waals surface area contributed by atoms with E-state index in [1.165, 1.54) is 12.1 Å². The lowest BCUT2D eigenvalue weighted by Gasteiger charge is -2.36. The number of carbonyl (C=O) groups is 1. The van der Waals surface area contributed by atoms with Crippen LogP contribution >= 0.6 is 0 Å². The van der Waals surface area contributed by atoms with E-state index in [1.807, 2.05) is 12.1 Å². The molecule has 0 aromatic heterocycles. The predicted molar refractivity (Wildman–Crippen MR) is 112 cm³/mol. The molecule has 0 bridgehead atoms. The van der Waals surface area contributed by atoms with E-state index < -0.39 is 5.91 Å². The summed E-state index contributed by atoms with van der Waals surface area (Å²) in [7, 11) is 0. The van der Waals surface area contributed by atoms with E-state index in [4.69, 9.17) is 16.2 Å². The molecule has 1 fully saturated rings. The van der Waals surface area contributed by atoms with E-state index in [2.05, 4.69) is 14.8 Å². The van der Waals surface area contributed by atoms with Crippen molar-refractivity contribution in [3.63, 3.8) is 0 Å². The molecule has 154 valence electrons. The van der Waals surface area contributed by atoms with Crippen molar-refractivity contribution in [2.75, 3.05) is 44.2 Å². The second-order valence-corrected chi connectivity index (χ2v) is 6.84. The highest BCUT2D eigenvalue weighted by Crippen LogP contribution is 2.17. The quantitative estimate of drug-likeness (QED) is 0.541. The molecule has 2 aromatic rings. The number of nitrogens with zero attached hydrogens (tertiary/aromatic N) is 3. The number of guanidine groups is 1. The average molecular weight is 399 g/mol. The van der Waals surface area contributed by atoms with Crippen molar-refractivity contribution in [2.45, 2.75) is 6.42 Å². The Morgan fingerprint density at radius 3 is 2.28 bits per heavy atom. The maximum absolute atomic E-state index is 13.1. The van der Waals surface area contributed by atoms with Gasteiger partial charge in [-0.05, 0) is 48.4 Å². The first-order valence-electron chi connectivity index (χ1n) is 9.57. The molecule has 1 heterocycles. The highest BCUT2D eigenvalue weighted by molar-refractivity contribution is 5.78. The van der Waals surface area contributed by atoms with Crippen LogP contribution in [0.4, 0.5) is 10.1 Å². The van der Waals surface area contributed by atoms with Crippen molar-refractivity contribution in [3.05, 3.63) is 59.9 Å². The number of rotatable bonds is 7. The number of carbonyl (C=O) groups excluding carboxylic acids is 1. The fourth-order valence-corrected chi connectivity index (χ4v) is 3.15. The first-order chi connectivity index (χ1) is 14.0. The third-order valence-electron chi connectivity index (χ3n) is 4.77. The Morgan fingerprint density at radius 2 is 1.66 bits per heavy atom. The maximum Gasteiger partial charge on any atom is 0.255 e. The van der Waals surface area contributed by atoms with Crippen molar-refractivity contribution in [1.82, 2.24) is 4.90 Å². The minimum atomic E-state index is -0.502. The fraction of sp³-hybridized carbons (Fsp3) is 0.333. The number of ether oxygens (including phenoxy) is 1. The Kier molecular flexibility index (Phi) is 6.89. The molecule has 0 radical (unpaired) electrons. The minimum Gasteiger partial charge on any atom is -0.484 e. The predicted octanol–water partition coefficient (Wildman–Crippen LogP) is 1.37. The lowest BCUT2D eigenvalue weighted by Crippen LogP contribution is -2.51. The third-order valence-corrected chi connectivity index (χ3v) is 4.77. The molecule has 0 spiro atoms. The number of hydrogen-bond acceptors (Lipinski definition) is 4. The lowest BCUT2D eigenvalue weighted by molar-refractivity contribution is -0.119. The van der Waals surface area contributed by atoms with Crippen LogP contribution in [0.1, 0.15) is 5.56 Å². The Labute approximate surface area is 169 Å². The zero-order valence-corrected chi connectivity index (χ0v) is 16.3. The first-order valence-corrected chi connectivity index (χ1v) is 9.57. The molecule has 8 heteroatoms. The molecule has 7 nitrogen and oxygen atoms in total. The molecule has 1 saturated heterocycles. The number of primary amides is 1. The van der Waals surface area contributed by atoms with Gasteiger partial charge in [0.1, 0.15) is 11.6 Å². The first kappa shape index (κ1) is 20.4. The molecular weight excluding hydrogens is 373 g/mol. The van der Waals surface area contributed by atoms with Crippen LogP contribution in [0.15, 0.2) is 53.5 Å². The summed E-state index contributed by atoms with van der Waals surface area (Å²) in [5.41, 5.74) is 13.3. The fourth-order valence-electron chi connectivity index (χ4n) is 3.15. The smallest absolute Gasteiger partial charge is 0.255 e. The van der Waals surface area contributed by atoms with Gasteiger partial charge in [-0.1, -0.05) is 12.1 Å². The summed E-state index contributed by atoms with van der Waals surface area (Å²) in [6.07, 6.45) is 0.756. The maximum atomic E-state index is 13.1. The SMILES string of the molecule is NC(=O)COc1ccc(CCN=C(N)N2CCN(c3ccc(F)cc3)CC2)cc1. The second kappa shape index (κ2) is 9.77. The number of anilines is 1. The zero-order valence-electron chi connectivity index (χ0n) is 16.3. The summed E-state index contributed by atoms with van der Waals surface area (Å²) in [5.74, 6) is 0.425. The van der Waals surface area contributed by atoms with E-state index in [-0.39, 0.29) is 12.4 Å². The Hall–Kier alpha value is -3.29. The van der Waals surface area contributed by atoms with Crippen LogP contribution in [0.2, 0.25) is 0 Å². The molecule has 1 amide bonds. The van der Waals surface area contributed by atoms with Crippen molar-refractivity contribution in [3.8, 4) is 5.75 Å². The molecule has 0 atom stereocenters. The van der Waals surface area contributed by atoms with Gasteiger partial charge in [-0.3, -0.25) is 9.79 Å². The van der Waals surface area contributed by atoms with Gasteiger partial charge in [-0.25, -0.2) is 4.39 Å². The summed E-state index contributed by atoms with van der Waals surface area (Å²) in [6, 6.07) is 14.0. The van der Waals surface area contributed by atoms with Crippen LogP contribution < -0.4 is 21.1 Å². The molecule has 29 heavy (non-hydrogen) atoms. The Morgan fingerprint density at radius 1 is 1.00 bits per heavy atom. The van der Waals surface area contributed by atoms with Crippen LogP contribution in [0.25, 0.3) is 0 Å². The van der Waals surface area contributed by atoms with Crippen molar-refractivity contribution >= 4 is 17.6 Å². The molecule has 2 aromatic carbocycles. The van der Waals surface area contributed by atoms with Crippen LogP contribution in [0.5, 0.6) is 5.75 Å². The summed E-state index contributed by atoms with van der Waals surface area (Å²) < 4.78 is 18.3.